The molecule has 1 aliphatic rings. The zero-order valence-electron chi connectivity index (χ0n) is 13.4. The van der Waals surface area contributed by atoms with Crippen LogP contribution in [0, 0.1) is 0 Å². The smallest absolute Gasteiger partial charge is 0.251 e. The van der Waals surface area contributed by atoms with Crippen LogP contribution in [0.25, 0.3) is 5.82 Å². The van der Waals surface area contributed by atoms with Crippen LogP contribution in [0.15, 0.2) is 55.2 Å². The van der Waals surface area contributed by atoms with Crippen molar-refractivity contribution in [1.29, 1.82) is 0 Å². The molecule has 3 aromatic rings. The molecule has 0 atom stereocenters. The van der Waals surface area contributed by atoms with Gasteiger partial charge in [-0.3, -0.25) is 9.36 Å². The lowest BCUT2D eigenvalue weighted by Crippen LogP contribution is -2.24. The van der Waals surface area contributed by atoms with Crippen LogP contribution >= 0.6 is 0 Å². The van der Waals surface area contributed by atoms with Crippen molar-refractivity contribution in [3.8, 4) is 17.3 Å². The average Bonchev–Trinajstić information content (AvgIpc) is 3.20. The van der Waals surface area contributed by atoms with E-state index in [0.717, 1.165) is 11.4 Å². The molecule has 0 bridgehead atoms. The number of hydrogen-bond donors (Lipinski definition) is 1. The molecule has 0 saturated carbocycles. The summed E-state index contributed by atoms with van der Waals surface area (Å²) < 4.78 is 12.8. The van der Waals surface area contributed by atoms with Gasteiger partial charge in [-0.15, -0.1) is 0 Å². The van der Waals surface area contributed by atoms with E-state index < -0.39 is 0 Å². The average molecular weight is 336 g/mol. The van der Waals surface area contributed by atoms with Crippen molar-refractivity contribution in [1.82, 2.24) is 19.9 Å². The van der Waals surface area contributed by atoms with Crippen LogP contribution in [0.5, 0.6) is 11.5 Å². The van der Waals surface area contributed by atoms with Gasteiger partial charge < -0.3 is 14.8 Å². The maximum absolute atomic E-state index is 12.5. The summed E-state index contributed by atoms with van der Waals surface area (Å²) in [6.45, 7) is 1.37. The number of amides is 1. The summed E-state index contributed by atoms with van der Waals surface area (Å²) in [5.41, 5.74) is 1.42. The molecule has 126 valence electrons. The second-order valence-electron chi connectivity index (χ2n) is 5.50. The number of benzene rings is 1. The summed E-state index contributed by atoms with van der Waals surface area (Å²) in [4.78, 5) is 20.9. The Kier molecular flexibility index (Phi) is 4.04. The number of rotatable bonds is 4. The number of aromatic nitrogens is 3. The monoisotopic (exact) mass is 336 g/mol. The van der Waals surface area contributed by atoms with E-state index in [1.54, 1.807) is 36.9 Å². The first-order valence-corrected chi connectivity index (χ1v) is 7.91. The quantitative estimate of drug-likeness (QED) is 0.788. The van der Waals surface area contributed by atoms with Crippen LogP contribution in [0.2, 0.25) is 0 Å². The van der Waals surface area contributed by atoms with Gasteiger partial charge in [-0.2, -0.15) is 0 Å². The third-order valence-corrected chi connectivity index (χ3v) is 3.86. The summed E-state index contributed by atoms with van der Waals surface area (Å²) in [6, 6.07) is 8.94. The number of pyridine rings is 1. The first kappa shape index (κ1) is 15.2. The maximum Gasteiger partial charge on any atom is 0.251 e. The molecule has 3 heterocycles. The molecule has 0 radical (unpaired) electrons. The zero-order chi connectivity index (χ0) is 17.1. The Balaban J connectivity index is 1.50. The van der Waals surface area contributed by atoms with Crippen LogP contribution < -0.4 is 14.8 Å². The molecule has 4 rings (SSSR count). The number of ether oxygens (including phenoxy) is 2. The molecule has 0 spiro atoms. The highest BCUT2D eigenvalue weighted by Gasteiger charge is 2.15. The van der Waals surface area contributed by atoms with Crippen molar-refractivity contribution < 1.29 is 14.3 Å². The number of carbonyl (C=O) groups excluding carboxylic acids is 1. The van der Waals surface area contributed by atoms with Gasteiger partial charge in [-0.25, -0.2) is 9.97 Å². The fourth-order valence-electron chi connectivity index (χ4n) is 2.65. The van der Waals surface area contributed by atoms with E-state index in [0.29, 0.717) is 36.8 Å². The van der Waals surface area contributed by atoms with Gasteiger partial charge >= 0.3 is 0 Å². The summed E-state index contributed by atoms with van der Waals surface area (Å²) >= 11 is 0. The molecule has 7 heteroatoms. The number of hydrogen-bond acceptors (Lipinski definition) is 5. The van der Waals surface area contributed by atoms with Crippen molar-refractivity contribution >= 4 is 5.91 Å². The molecule has 2 aromatic heterocycles. The minimum Gasteiger partial charge on any atom is -0.486 e. The van der Waals surface area contributed by atoms with Crippen molar-refractivity contribution in [2.75, 3.05) is 13.2 Å². The standard InChI is InChI=1S/C18H16N4O3/c23-18(13-3-4-15-16(10-13)25-9-8-24-15)21-11-14-2-1-5-20-17(14)22-7-6-19-12-22/h1-7,10,12H,8-9,11H2,(H,21,23). The zero-order valence-corrected chi connectivity index (χ0v) is 13.4. The Hall–Kier alpha value is -3.35. The van der Waals surface area contributed by atoms with Crippen molar-refractivity contribution in [3.63, 3.8) is 0 Å². The Morgan fingerprint density at radius 2 is 2.04 bits per heavy atom. The van der Waals surface area contributed by atoms with Crippen LogP contribution in [0.4, 0.5) is 0 Å². The lowest BCUT2D eigenvalue weighted by atomic mass is 10.1. The highest BCUT2D eigenvalue weighted by molar-refractivity contribution is 5.94. The van der Waals surface area contributed by atoms with Crippen LogP contribution in [0.3, 0.4) is 0 Å². The predicted molar refractivity (Wildman–Crippen MR) is 90.0 cm³/mol. The lowest BCUT2D eigenvalue weighted by molar-refractivity contribution is 0.0949. The molecule has 0 unspecified atom stereocenters. The summed E-state index contributed by atoms with van der Waals surface area (Å²) in [5, 5.41) is 2.92. The first-order chi connectivity index (χ1) is 12.3. The largest absolute Gasteiger partial charge is 0.486 e. The summed E-state index contributed by atoms with van der Waals surface area (Å²) in [6.07, 6.45) is 6.89. The SMILES string of the molecule is O=C(NCc1cccnc1-n1ccnc1)c1ccc2c(c1)OCCO2. The third kappa shape index (κ3) is 3.16. The Morgan fingerprint density at radius 3 is 2.88 bits per heavy atom. The van der Waals surface area contributed by atoms with Gasteiger partial charge in [-0.1, -0.05) is 6.07 Å². The van der Waals surface area contributed by atoms with Gasteiger partial charge in [0, 0.05) is 36.3 Å². The second kappa shape index (κ2) is 6.64. The van der Waals surface area contributed by atoms with E-state index in [4.69, 9.17) is 9.47 Å². The highest BCUT2D eigenvalue weighted by atomic mass is 16.6. The maximum atomic E-state index is 12.5. The van der Waals surface area contributed by atoms with Crippen molar-refractivity contribution in [2.24, 2.45) is 0 Å². The number of nitrogens with zero attached hydrogens (tertiary/aromatic N) is 3. The van der Waals surface area contributed by atoms with Gasteiger partial charge in [0.05, 0.1) is 0 Å². The normalized spacial score (nSPS) is 12.6. The van der Waals surface area contributed by atoms with E-state index in [2.05, 4.69) is 15.3 Å². The fourth-order valence-corrected chi connectivity index (χ4v) is 2.65. The van der Waals surface area contributed by atoms with E-state index >= 15 is 0 Å². The predicted octanol–water partition coefficient (Wildman–Crippen LogP) is 1.97. The second-order valence-corrected chi connectivity index (χ2v) is 5.50. The molecular formula is C18H16N4O3. The molecule has 0 aliphatic carbocycles. The van der Waals surface area contributed by atoms with E-state index in [9.17, 15) is 4.79 Å². The van der Waals surface area contributed by atoms with Gasteiger partial charge in [0.25, 0.3) is 5.91 Å². The number of imidazole rings is 1. The highest BCUT2D eigenvalue weighted by Crippen LogP contribution is 2.30. The van der Waals surface area contributed by atoms with E-state index in [-0.39, 0.29) is 5.91 Å². The lowest BCUT2D eigenvalue weighted by Gasteiger charge is -2.18. The van der Waals surface area contributed by atoms with Crippen molar-refractivity contribution in [3.05, 3.63) is 66.4 Å². The first-order valence-electron chi connectivity index (χ1n) is 7.91. The van der Waals surface area contributed by atoms with Gasteiger partial charge in [0.15, 0.2) is 11.5 Å². The fraction of sp³-hybridized carbons (Fsp3) is 0.167. The molecule has 1 amide bonds. The Labute approximate surface area is 144 Å². The number of fused-ring (bicyclic) bond motifs is 1. The van der Waals surface area contributed by atoms with Gasteiger partial charge in [0.1, 0.15) is 25.4 Å². The van der Waals surface area contributed by atoms with E-state index in [1.165, 1.54) is 0 Å². The van der Waals surface area contributed by atoms with Gasteiger partial charge in [-0.05, 0) is 24.3 Å². The molecule has 1 aliphatic heterocycles. The molecule has 0 fully saturated rings. The Bertz CT molecular complexity index is 893. The summed E-state index contributed by atoms with van der Waals surface area (Å²) in [5.74, 6) is 1.82. The van der Waals surface area contributed by atoms with Crippen molar-refractivity contribution in [2.45, 2.75) is 6.54 Å². The molecule has 1 aromatic carbocycles. The summed E-state index contributed by atoms with van der Waals surface area (Å²) in [7, 11) is 0. The molecular weight excluding hydrogens is 320 g/mol. The van der Waals surface area contributed by atoms with Crippen LogP contribution in [0.1, 0.15) is 15.9 Å². The number of nitrogens with one attached hydrogen (secondary N) is 1. The topological polar surface area (TPSA) is 78.3 Å². The van der Waals surface area contributed by atoms with Crippen LogP contribution in [-0.4, -0.2) is 33.7 Å². The Morgan fingerprint density at radius 1 is 1.16 bits per heavy atom. The third-order valence-electron chi connectivity index (χ3n) is 3.86. The minimum absolute atomic E-state index is 0.183. The number of carbonyl (C=O) groups is 1. The van der Waals surface area contributed by atoms with E-state index in [1.807, 2.05) is 22.9 Å². The van der Waals surface area contributed by atoms with Crippen LogP contribution in [-0.2, 0) is 6.54 Å². The molecule has 25 heavy (non-hydrogen) atoms. The minimum atomic E-state index is -0.183. The molecule has 7 nitrogen and oxygen atoms in total. The molecule has 1 N–H and O–H groups in total. The molecule has 0 saturated heterocycles. The van der Waals surface area contributed by atoms with Gasteiger partial charge in [0.2, 0.25) is 0 Å².